The normalized spacial score (nSPS) is 39.3. The topological polar surface area (TPSA) is 96.3 Å². The molecule has 33 heavy (non-hydrogen) atoms. The van der Waals surface area contributed by atoms with Crippen LogP contribution >= 0.6 is 0 Å². The van der Waals surface area contributed by atoms with Gasteiger partial charge in [0.1, 0.15) is 0 Å². The molecule has 6 atom stereocenters. The van der Waals surface area contributed by atoms with Gasteiger partial charge < -0.3 is 19.7 Å². The van der Waals surface area contributed by atoms with Crippen LogP contribution in [0.4, 0.5) is 0 Å². The van der Waals surface area contributed by atoms with E-state index < -0.39 is 11.9 Å². The highest BCUT2D eigenvalue weighted by Crippen LogP contribution is 2.63. The van der Waals surface area contributed by atoms with Gasteiger partial charge in [-0.1, -0.05) is 38.8 Å². The Hall–Kier alpha value is -1.44. The van der Waals surface area contributed by atoms with Gasteiger partial charge in [-0.3, -0.25) is 14.5 Å². The number of ether oxygens (including phenoxy) is 2. The lowest BCUT2D eigenvalue weighted by molar-refractivity contribution is -0.316. The Morgan fingerprint density at radius 2 is 1.73 bits per heavy atom. The molecular formula is C26H41NO6. The van der Waals surface area contributed by atoms with Crippen LogP contribution < -0.4 is 0 Å². The summed E-state index contributed by atoms with van der Waals surface area (Å²) in [7, 11) is 0. The third-order valence-electron chi connectivity index (χ3n) is 9.41. The van der Waals surface area contributed by atoms with Crippen molar-refractivity contribution in [2.45, 2.75) is 84.0 Å². The standard InChI is InChI=1S/C26H41NO6/c1-17-8-9-20-25(2,19(17)11-13-27(14-22(28)29)15-23(30)31)12-10-21-26(20,3)16-32-24(33-21)18-6-4-5-7-18/h18-21,24H,1,4-16H2,2-3H3,(H,28,29)(H,30,31)/t19-,20?,21-,24-,25+,26+/m1/s1. The second-order valence-electron chi connectivity index (χ2n) is 11.5. The van der Waals surface area contributed by atoms with Crippen LogP contribution in [-0.2, 0) is 19.1 Å². The molecule has 1 saturated heterocycles. The molecule has 3 aliphatic carbocycles. The van der Waals surface area contributed by atoms with Crippen LogP contribution in [0.3, 0.4) is 0 Å². The van der Waals surface area contributed by atoms with Gasteiger partial charge in [-0.15, -0.1) is 0 Å². The van der Waals surface area contributed by atoms with Crippen molar-refractivity contribution in [3.8, 4) is 0 Å². The van der Waals surface area contributed by atoms with E-state index in [2.05, 4.69) is 20.4 Å². The molecule has 186 valence electrons. The lowest BCUT2D eigenvalue weighted by Gasteiger charge is -2.63. The van der Waals surface area contributed by atoms with Gasteiger partial charge in [0.25, 0.3) is 0 Å². The van der Waals surface area contributed by atoms with Gasteiger partial charge in [-0.05, 0) is 68.7 Å². The van der Waals surface area contributed by atoms with Gasteiger partial charge in [0.05, 0.1) is 25.8 Å². The summed E-state index contributed by atoms with van der Waals surface area (Å²) in [5.74, 6) is -0.771. The summed E-state index contributed by atoms with van der Waals surface area (Å²) in [5.41, 5.74) is 1.22. The molecule has 4 rings (SSSR count). The first-order valence-electron chi connectivity index (χ1n) is 12.7. The van der Waals surface area contributed by atoms with Crippen LogP contribution in [0.25, 0.3) is 0 Å². The van der Waals surface area contributed by atoms with Crippen molar-refractivity contribution in [2.24, 2.45) is 28.6 Å². The number of hydrogen-bond acceptors (Lipinski definition) is 5. The van der Waals surface area contributed by atoms with E-state index in [1.807, 2.05) is 0 Å². The summed E-state index contributed by atoms with van der Waals surface area (Å²) >= 11 is 0. The predicted molar refractivity (Wildman–Crippen MR) is 124 cm³/mol. The molecule has 0 aromatic rings. The number of rotatable bonds is 8. The maximum atomic E-state index is 11.2. The van der Waals surface area contributed by atoms with Crippen molar-refractivity contribution in [1.29, 1.82) is 0 Å². The van der Waals surface area contributed by atoms with E-state index >= 15 is 0 Å². The quantitative estimate of drug-likeness (QED) is 0.522. The highest BCUT2D eigenvalue weighted by molar-refractivity contribution is 5.72. The molecule has 1 aliphatic heterocycles. The van der Waals surface area contributed by atoms with Gasteiger partial charge in [0.15, 0.2) is 6.29 Å². The second kappa shape index (κ2) is 9.67. The van der Waals surface area contributed by atoms with Crippen LogP contribution in [0, 0.1) is 28.6 Å². The highest BCUT2D eigenvalue weighted by Gasteiger charge is 2.60. The average Bonchev–Trinajstić information content (AvgIpc) is 3.26. The summed E-state index contributed by atoms with van der Waals surface area (Å²) in [4.78, 5) is 24.0. The molecule has 1 heterocycles. The van der Waals surface area contributed by atoms with Gasteiger partial charge in [0.2, 0.25) is 0 Å². The molecule has 0 aromatic carbocycles. The van der Waals surface area contributed by atoms with Crippen molar-refractivity contribution in [2.75, 3.05) is 26.2 Å². The molecule has 0 aromatic heterocycles. The minimum atomic E-state index is -0.996. The Balaban J connectivity index is 1.47. The minimum Gasteiger partial charge on any atom is -0.480 e. The third kappa shape index (κ3) is 4.87. The smallest absolute Gasteiger partial charge is 0.317 e. The Kier molecular flexibility index (Phi) is 7.23. The predicted octanol–water partition coefficient (Wildman–Crippen LogP) is 4.17. The number of allylic oxidation sites excluding steroid dienone is 1. The fourth-order valence-electron chi connectivity index (χ4n) is 7.77. The first kappa shape index (κ1) is 24.7. The van der Waals surface area contributed by atoms with Gasteiger partial charge in [0, 0.05) is 11.3 Å². The van der Waals surface area contributed by atoms with E-state index in [-0.39, 0.29) is 42.2 Å². The molecular weight excluding hydrogens is 422 g/mol. The fraction of sp³-hybridized carbons (Fsp3) is 0.846. The van der Waals surface area contributed by atoms with Gasteiger partial charge >= 0.3 is 11.9 Å². The van der Waals surface area contributed by atoms with E-state index in [1.54, 1.807) is 0 Å². The largest absolute Gasteiger partial charge is 0.480 e. The van der Waals surface area contributed by atoms with Crippen molar-refractivity contribution >= 4 is 11.9 Å². The van der Waals surface area contributed by atoms with E-state index in [0.29, 0.717) is 18.4 Å². The number of nitrogens with zero attached hydrogens (tertiary/aromatic N) is 1. The molecule has 7 heteroatoms. The molecule has 1 unspecified atom stereocenters. The van der Waals surface area contributed by atoms with E-state index in [0.717, 1.165) is 38.7 Å². The SMILES string of the molecule is C=C1CCC2[C@]3(C)CO[C@@H](C4CCCC4)O[C@@H]3CC[C@@]2(C)[C@@H]1CCN(CC(=O)O)CC(=O)O. The lowest BCUT2D eigenvalue weighted by atomic mass is 9.46. The summed E-state index contributed by atoms with van der Waals surface area (Å²) in [6.07, 6.45) is 9.97. The van der Waals surface area contributed by atoms with Crippen LogP contribution in [0.2, 0.25) is 0 Å². The summed E-state index contributed by atoms with van der Waals surface area (Å²) in [6.45, 7) is 9.80. The summed E-state index contributed by atoms with van der Waals surface area (Å²) in [5, 5.41) is 18.4. The summed E-state index contributed by atoms with van der Waals surface area (Å²) < 4.78 is 13.0. The molecule has 0 amide bonds. The first-order valence-corrected chi connectivity index (χ1v) is 12.7. The zero-order chi connectivity index (χ0) is 23.8. The molecule has 4 fully saturated rings. The Labute approximate surface area is 197 Å². The molecule has 0 spiro atoms. The van der Waals surface area contributed by atoms with E-state index in [4.69, 9.17) is 9.47 Å². The molecule has 7 nitrogen and oxygen atoms in total. The van der Waals surface area contributed by atoms with E-state index in [9.17, 15) is 19.8 Å². The monoisotopic (exact) mass is 463 g/mol. The van der Waals surface area contributed by atoms with Crippen molar-refractivity contribution in [1.82, 2.24) is 4.90 Å². The zero-order valence-electron chi connectivity index (χ0n) is 20.3. The van der Waals surface area contributed by atoms with Gasteiger partial charge in [-0.25, -0.2) is 0 Å². The van der Waals surface area contributed by atoms with Gasteiger partial charge in [-0.2, -0.15) is 0 Å². The first-order chi connectivity index (χ1) is 15.6. The molecule has 3 saturated carbocycles. The second-order valence-corrected chi connectivity index (χ2v) is 11.5. The van der Waals surface area contributed by atoms with Crippen LogP contribution in [0.15, 0.2) is 12.2 Å². The maximum Gasteiger partial charge on any atom is 0.317 e. The highest BCUT2D eigenvalue weighted by atomic mass is 16.7. The zero-order valence-corrected chi connectivity index (χ0v) is 20.3. The Morgan fingerprint density at radius 1 is 1.06 bits per heavy atom. The van der Waals surface area contributed by atoms with Crippen LogP contribution in [-0.4, -0.2) is 65.7 Å². The van der Waals surface area contributed by atoms with Crippen molar-refractivity contribution in [3.05, 3.63) is 12.2 Å². The van der Waals surface area contributed by atoms with Crippen molar-refractivity contribution in [3.63, 3.8) is 0 Å². The molecule has 2 N–H and O–H groups in total. The molecule has 0 radical (unpaired) electrons. The average molecular weight is 464 g/mol. The Bertz CT molecular complexity index is 748. The van der Waals surface area contributed by atoms with E-state index in [1.165, 1.54) is 36.2 Å². The maximum absolute atomic E-state index is 11.2. The number of carbonyl (C=O) groups is 2. The van der Waals surface area contributed by atoms with Crippen LogP contribution in [0.1, 0.15) is 71.6 Å². The minimum absolute atomic E-state index is 0.0333. The molecule has 4 aliphatic rings. The Morgan fingerprint density at radius 3 is 2.36 bits per heavy atom. The number of aliphatic carboxylic acids is 2. The fourth-order valence-corrected chi connectivity index (χ4v) is 7.77. The number of hydrogen-bond donors (Lipinski definition) is 2. The van der Waals surface area contributed by atoms with Crippen molar-refractivity contribution < 1.29 is 29.3 Å². The molecule has 0 bridgehead atoms. The lowest BCUT2D eigenvalue weighted by Crippen LogP contribution is -2.62. The van der Waals surface area contributed by atoms with Crippen LogP contribution in [0.5, 0.6) is 0 Å². The number of carboxylic acid groups (broad SMARTS) is 2. The number of fused-ring (bicyclic) bond motifs is 3. The third-order valence-corrected chi connectivity index (χ3v) is 9.41. The number of carboxylic acids is 2. The summed E-state index contributed by atoms with van der Waals surface area (Å²) in [6, 6.07) is 0.